The van der Waals surface area contributed by atoms with Crippen molar-refractivity contribution in [3.8, 4) is 17.2 Å². The molecule has 0 saturated carbocycles. The molecule has 1 amide bonds. The van der Waals surface area contributed by atoms with E-state index >= 15 is 0 Å². The average Bonchev–Trinajstić information content (AvgIpc) is 3.06. The third kappa shape index (κ3) is 9.95. The lowest BCUT2D eigenvalue weighted by Gasteiger charge is -2.18. The first kappa shape index (κ1) is 33.8. The van der Waals surface area contributed by atoms with Crippen molar-refractivity contribution >= 4 is 23.3 Å². The van der Waals surface area contributed by atoms with Gasteiger partial charge >= 0.3 is 0 Å². The van der Waals surface area contributed by atoms with Crippen LogP contribution in [0.5, 0.6) is 17.2 Å². The molecule has 0 saturated heterocycles. The fraction of sp³-hybridized carbons (Fsp3) is 0.243. The van der Waals surface area contributed by atoms with Crippen molar-refractivity contribution in [3.63, 3.8) is 0 Å². The highest BCUT2D eigenvalue weighted by molar-refractivity contribution is 5.99. The summed E-state index contributed by atoms with van der Waals surface area (Å²) in [6.07, 6.45) is 2.29. The Labute approximate surface area is 270 Å². The van der Waals surface area contributed by atoms with Crippen molar-refractivity contribution in [1.82, 2.24) is 4.90 Å². The van der Waals surface area contributed by atoms with E-state index in [0.29, 0.717) is 25.4 Å². The quantitative estimate of drug-likeness (QED) is 0.0575. The monoisotopic (exact) mass is 623 g/mol. The number of nitrogens with two attached hydrogens (primary N) is 1. The van der Waals surface area contributed by atoms with Gasteiger partial charge in [0.25, 0.3) is 5.91 Å². The molecule has 46 heavy (non-hydrogen) atoms. The van der Waals surface area contributed by atoms with Gasteiger partial charge in [-0.25, -0.2) is 0 Å². The lowest BCUT2D eigenvalue weighted by atomic mass is 9.88. The maximum absolute atomic E-state index is 11.3. The Kier molecular flexibility index (Phi) is 12.8. The minimum absolute atomic E-state index is 0.0257. The molecule has 0 aliphatic rings. The zero-order valence-corrected chi connectivity index (χ0v) is 26.3. The SMILES string of the molecule is CCC(=C(c1ccc(O)cc1)c1ccc(OCCN(C)CCOCCO/N=C\c2ccc(O)c(C(N)=O)c2)cc1)c1ccccc1. The van der Waals surface area contributed by atoms with Gasteiger partial charge in [0.1, 0.15) is 30.5 Å². The molecule has 0 aromatic heterocycles. The molecule has 240 valence electrons. The summed E-state index contributed by atoms with van der Waals surface area (Å²) in [6.45, 7) is 5.34. The van der Waals surface area contributed by atoms with Crippen molar-refractivity contribution in [2.75, 3.05) is 46.6 Å². The predicted molar refractivity (Wildman–Crippen MR) is 181 cm³/mol. The third-order valence-corrected chi connectivity index (χ3v) is 7.32. The fourth-order valence-electron chi connectivity index (χ4n) is 4.86. The molecular weight excluding hydrogens is 582 g/mol. The maximum Gasteiger partial charge on any atom is 0.252 e. The van der Waals surface area contributed by atoms with Crippen molar-refractivity contribution in [3.05, 3.63) is 125 Å². The van der Waals surface area contributed by atoms with Gasteiger partial charge in [-0.05, 0) is 89.3 Å². The Balaban J connectivity index is 1.20. The number of aromatic hydroxyl groups is 2. The number of allylic oxidation sites excluding steroid dienone is 1. The number of primary amides is 1. The summed E-state index contributed by atoms with van der Waals surface area (Å²) in [5.74, 6) is 0.147. The van der Waals surface area contributed by atoms with E-state index in [4.69, 9.17) is 20.0 Å². The molecule has 4 N–H and O–H groups in total. The van der Waals surface area contributed by atoms with Crippen LogP contribution in [0.15, 0.2) is 102 Å². The highest BCUT2D eigenvalue weighted by Gasteiger charge is 2.14. The Morgan fingerprint density at radius 2 is 1.50 bits per heavy atom. The highest BCUT2D eigenvalue weighted by atomic mass is 16.6. The van der Waals surface area contributed by atoms with E-state index in [0.717, 1.165) is 42.0 Å². The van der Waals surface area contributed by atoms with E-state index in [1.807, 2.05) is 37.4 Å². The summed E-state index contributed by atoms with van der Waals surface area (Å²) in [5.41, 5.74) is 11.5. The molecule has 0 fully saturated rings. The van der Waals surface area contributed by atoms with Gasteiger partial charge in [-0.1, -0.05) is 66.7 Å². The first-order valence-electron chi connectivity index (χ1n) is 15.2. The average molecular weight is 624 g/mol. The standard InChI is InChI=1S/C37H41N3O6/c1-3-33(28-7-5-4-6-8-28)36(29-10-14-31(41)15-11-29)30-12-16-32(17-13-30)45-22-20-40(2)19-21-44-23-24-46-39-26-27-9-18-35(42)34(25-27)37(38)43/h4-18,25-26,41-42H,3,19-24H2,1-2H3,(H2,38,43)/b36-33?,39-26-. The lowest BCUT2D eigenvalue weighted by molar-refractivity contribution is 0.0430. The number of nitrogens with zero attached hydrogens (tertiary/aromatic N) is 2. The van der Waals surface area contributed by atoms with E-state index in [1.54, 1.807) is 18.2 Å². The van der Waals surface area contributed by atoms with Crippen LogP contribution in [0.2, 0.25) is 0 Å². The molecule has 4 aromatic carbocycles. The molecule has 0 heterocycles. The predicted octanol–water partition coefficient (Wildman–Crippen LogP) is 5.94. The van der Waals surface area contributed by atoms with Crippen LogP contribution in [0.1, 0.15) is 46.0 Å². The molecule has 0 bridgehead atoms. The first-order chi connectivity index (χ1) is 22.4. The Hall–Kier alpha value is -5.12. The van der Waals surface area contributed by atoms with Gasteiger partial charge in [0.05, 0.1) is 25.0 Å². The van der Waals surface area contributed by atoms with Crippen LogP contribution in [0, 0.1) is 0 Å². The normalized spacial score (nSPS) is 11.9. The van der Waals surface area contributed by atoms with E-state index < -0.39 is 5.91 Å². The Bertz CT molecular complexity index is 1600. The molecule has 0 radical (unpaired) electrons. The third-order valence-electron chi connectivity index (χ3n) is 7.32. The second-order valence-electron chi connectivity index (χ2n) is 10.6. The summed E-state index contributed by atoms with van der Waals surface area (Å²) < 4.78 is 11.7. The van der Waals surface area contributed by atoms with Gasteiger partial charge < -0.3 is 35.2 Å². The summed E-state index contributed by atoms with van der Waals surface area (Å²) in [4.78, 5) is 18.7. The van der Waals surface area contributed by atoms with E-state index in [1.165, 1.54) is 29.5 Å². The van der Waals surface area contributed by atoms with Gasteiger partial charge in [-0.15, -0.1) is 0 Å². The Morgan fingerprint density at radius 3 is 2.17 bits per heavy atom. The van der Waals surface area contributed by atoms with Gasteiger partial charge in [0, 0.05) is 13.1 Å². The van der Waals surface area contributed by atoms with E-state index in [-0.39, 0.29) is 23.7 Å². The van der Waals surface area contributed by atoms with E-state index in [9.17, 15) is 15.0 Å². The van der Waals surface area contributed by atoms with Gasteiger partial charge in [-0.3, -0.25) is 4.79 Å². The smallest absolute Gasteiger partial charge is 0.252 e. The van der Waals surface area contributed by atoms with Crippen LogP contribution in [-0.4, -0.2) is 73.8 Å². The first-order valence-corrected chi connectivity index (χ1v) is 15.2. The summed E-state index contributed by atoms with van der Waals surface area (Å²) in [6, 6.07) is 30.3. The minimum Gasteiger partial charge on any atom is -0.508 e. The van der Waals surface area contributed by atoms with Crippen LogP contribution in [0.3, 0.4) is 0 Å². The summed E-state index contributed by atoms with van der Waals surface area (Å²) in [7, 11) is 2.01. The van der Waals surface area contributed by atoms with Crippen LogP contribution in [0.4, 0.5) is 0 Å². The number of rotatable bonds is 17. The molecule has 4 aromatic rings. The van der Waals surface area contributed by atoms with Crippen LogP contribution in [-0.2, 0) is 9.57 Å². The minimum atomic E-state index is -0.716. The number of hydrogen-bond donors (Lipinski definition) is 3. The van der Waals surface area contributed by atoms with Crippen LogP contribution in [0.25, 0.3) is 11.1 Å². The molecule has 9 heteroatoms. The zero-order valence-electron chi connectivity index (χ0n) is 26.3. The van der Waals surface area contributed by atoms with Gasteiger partial charge in [0.15, 0.2) is 0 Å². The zero-order chi connectivity index (χ0) is 32.7. The second kappa shape index (κ2) is 17.4. The number of carbonyl (C=O) groups is 1. The number of benzene rings is 4. The van der Waals surface area contributed by atoms with Crippen molar-refractivity contribution < 1.29 is 29.3 Å². The number of amides is 1. The number of phenolic OH excluding ortho intramolecular Hbond substituents is 1. The van der Waals surface area contributed by atoms with Crippen LogP contribution >= 0.6 is 0 Å². The molecule has 0 aliphatic carbocycles. The number of ether oxygens (including phenoxy) is 2. The molecule has 4 rings (SSSR count). The fourth-order valence-corrected chi connectivity index (χ4v) is 4.86. The number of phenols is 2. The highest BCUT2D eigenvalue weighted by Crippen LogP contribution is 2.35. The maximum atomic E-state index is 11.3. The van der Waals surface area contributed by atoms with Crippen molar-refractivity contribution in [1.29, 1.82) is 0 Å². The molecule has 9 nitrogen and oxygen atoms in total. The number of oxime groups is 1. The second-order valence-corrected chi connectivity index (χ2v) is 10.6. The molecular formula is C37H41N3O6. The topological polar surface area (TPSA) is 127 Å². The van der Waals surface area contributed by atoms with Crippen LogP contribution < -0.4 is 10.5 Å². The number of hydrogen-bond acceptors (Lipinski definition) is 8. The molecule has 0 atom stereocenters. The lowest BCUT2D eigenvalue weighted by Crippen LogP contribution is -2.28. The van der Waals surface area contributed by atoms with Crippen molar-refractivity contribution in [2.45, 2.75) is 13.3 Å². The molecule has 0 aliphatic heterocycles. The van der Waals surface area contributed by atoms with Gasteiger partial charge in [0.2, 0.25) is 0 Å². The largest absolute Gasteiger partial charge is 0.508 e. The Morgan fingerprint density at radius 1 is 0.826 bits per heavy atom. The van der Waals surface area contributed by atoms with E-state index in [2.05, 4.69) is 53.4 Å². The molecule has 0 unspecified atom stereocenters. The summed E-state index contributed by atoms with van der Waals surface area (Å²) in [5, 5.41) is 23.4. The van der Waals surface area contributed by atoms with Gasteiger partial charge in [-0.2, -0.15) is 0 Å². The number of likely N-dealkylation sites (N-methyl/N-ethyl adjacent to an activating group) is 1. The van der Waals surface area contributed by atoms with Crippen molar-refractivity contribution in [2.24, 2.45) is 10.9 Å². The summed E-state index contributed by atoms with van der Waals surface area (Å²) >= 11 is 0. The number of carbonyl (C=O) groups excluding carboxylic acids is 1. The molecule has 0 spiro atoms.